The van der Waals surface area contributed by atoms with E-state index in [1.165, 1.54) is 22.3 Å². The van der Waals surface area contributed by atoms with Crippen molar-refractivity contribution >= 4 is 6.09 Å². The van der Waals surface area contributed by atoms with E-state index in [1.54, 1.807) is 0 Å². The minimum Gasteiger partial charge on any atom is -0.449 e. The van der Waals surface area contributed by atoms with Gasteiger partial charge in [0, 0.05) is 19.0 Å². The van der Waals surface area contributed by atoms with Gasteiger partial charge in [0.25, 0.3) is 0 Å². The maximum Gasteiger partial charge on any atom is 0.407 e. The summed E-state index contributed by atoms with van der Waals surface area (Å²) in [6.07, 6.45) is -0.441. The molecule has 1 aliphatic rings. The first-order chi connectivity index (χ1) is 18.3. The fraction of sp³-hybridized carbons (Fsp3) is 0.536. The van der Waals surface area contributed by atoms with Gasteiger partial charge in [-0.2, -0.15) is 0 Å². The molecular weight excluding hydrogens is 476 g/mol. The Labute approximate surface area is 219 Å². The van der Waals surface area contributed by atoms with Crippen molar-refractivity contribution in [3.63, 3.8) is 0 Å². The van der Waals surface area contributed by atoms with Gasteiger partial charge in [0.2, 0.25) is 0 Å². The number of carbonyl (C=O) groups is 1. The van der Waals surface area contributed by atoms with Crippen molar-refractivity contribution in [2.24, 2.45) is 0 Å². The first-order valence-electron chi connectivity index (χ1n) is 12.9. The Morgan fingerprint density at radius 1 is 0.649 bits per heavy atom. The molecular formula is C28H40N2O7. The van der Waals surface area contributed by atoms with E-state index in [0.717, 1.165) is 6.54 Å². The molecule has 2 aromatic rings. The summed E-state index contributed by atoms with van der Waals surface area (Å²) in [6, 6.07) is 16.5. The van der Waals surface area contributed by atoms with Gasteiger partial charge in [0.1, 0.15) is 6.61 Å². The van der Waals surface area contributed by atoms with Crippen LogP contribution in [0.3, 0.4) is 0 Å². The maximum absolute atomic E-state index is 12.2. The third kappa shape index (κ3) is 10.4. The van der Waals surface area contributed by atoms with Gasteiger partial charge >= 0.3 is 6.09 Å². The summed E-state index contributed by atoms with van der Waals surface area (Å²) in [5.74, 6) is 0.0518. The molecule has 0 spiro atoms. The average Bonchev–Trinajstić information content (AvgIpc) is 3.25. The third-order valence-corrected chi connectivity index (χ3v) is 5.84. The molecule has 0 aromatic heterocycles. The zero-order valence-corrected chi connectivity index (χ0v) is 21.7. The quantitative estimate of drug-likeness (QED) is 0.260. The average molecular weight is 517 g/mol. The Bertz CT molecular complexity index is 866. The topological polar surface area (TPSA) is 96.5 Å². The Hall–Kier alpha value is -2.53. The van der Waals surface area contributed by atoms with Crippen molar-refractivity contribution in [3.8, 4) is 11.1 Å². The number of hydrogen-bond donors (Lipinski definition) is 2. The second-order valence-electron chi connectivity index (χ2n) is 8.42. The van der Waals surface area contributed by atoms with Gasteiger partial charge in [-0.3, -0.25) is 0 Å². The number of carbonyl (C=O) groups excluding carboxylic acids is 1. The van der Waals surface area contributed by atoms with E-state index in [2.05, 4.69) is 34.9 Å². The number of amides is 1. The van der Waals surface area contributed by atoms with Crippen molar-refractivity contribution in [2.75, 3.05) is 92.8 Å². The van der Waals surface area contributed by atoms with Gasteiger partial charge < -0.3 is 39.1 Å². The summed E-state index contributed by atoms with van der Waals surface area (Å²) in [6.45, 7) is 6.72. The molecule has 0 bridgehead atoms. The van der Waals surface area contributed by atoms with Gasteiger partial charge in [0.15, 0.2) is 0 Å². The second-order valence-corrected chi connectivity index (χ2v) is 8.42. The van der Waals surface area contributed by atoms with Gasteiger partial charge in [-0.15, -0.1) is 0 Å². The number of benzene rings is 2. The molecule has 0 fully saturated rings. The number of likely N-dealkylation sites (N-methyl/N-ethyl adjacent to an activating group) is 1. The van der Waals surface area contributed by atoms with Gasteiger partial charge in [-0.1, -0.05) is 48.5 Å². The molecule has 37 heavy (non-hydrogen) atoms. The van der Waals surface area contributed by atoms with E-state index < -0.39 is 6.09 Å². The van der Waals surface area contributed by atoms with Crippen LogP contribution in [0.15, 0.2) is 48.5 Å². The Morgan fingerprint density at radius 3 is 1.57 bits per heavy atom. The highest BCUT2D eigenvalue weighted by molar-refractivity contribution is 5.79. The zero-order chi connectivity index (χ0) is 26.0. The predicted octanol–water partition coefficient (Wildman–Crippen LogP) is 2.83. The highest BCUT2D eigenvalue weighted by Crippen LogP contribution is 2.44. The zero-order valence-electron chi connectivity index (χ0n) is 21.7. The molecule has 0 atom stereocenters. The molecule has 1 aliphatic carbocycles. The Morgan fingerprint density at radius 2 is 1.08 bits per heavy atom. The van der Waals surface area contributed by atoms with Crippen LogP contribution < -0.4 is 10.6 Å². The van der Waals surface area contributed by atoms with E-state index >= 15 is 0 Å². The molecule has 2 N–H and O–H groups in total. The number of alkyl carbamates (subject to hydrolysis) is 1. The van der Waals surface area contributed by atoms with Crippen LogP contribution in [0.25, 0.3) is 11.1 Å². The van der Waals surface area contributed by atoms with Crippen molar-refractivity contribution in [2.45, 2.75) is 5.92 Å². The molecule has 0 saturated carbocycles. The van der Waals surface area contributed by atoms with Gasteiger partial charge in [-0.05, 0) is 29.3 Å². The molecule has 204 valence electrons. The summed E-state index contributed by atoms with van der Waals surface area (Å²) in [5, 5.41) is 5.75. The van der Waals surface area contributed by atoms with Crippen LogP contribution in [0.1, 0.15) is 17.0 Å². The maximum atomic E-state index is 12.2. The number of hydrogen-bond acceptors (Lipinski definition) is 8. The van der Waals surface area contributed by atoms with Gasteiger partial charge in [-0.25, -0.2) is 4.79 Å². The lowest BCUT2D eigenvalue weighted by Gasteiger charge is -2.14. The summed E-state index contributed by atoms with van der Waals surface area (Å²) < 4.78 is 32.7. The molecule has 3 rings (SSSR count). The van der Waals surface area contributed by atoms with E-state index in [4.69, 9.17) is 28.4 Å². The van der Waals surface area contributed by atoms with Crippen LogP contribution in [0.5, 0.6) is 0 Å². The highest BCUT2D eigenvalue weighted by Gasteiger charge is 2.28. The number of rotatable bonds is 20. The van der Waals surface area contributed by atoms with Crippen molar-refractivity contribution in [3.05, 3.63) is 59.7 Å². The highest BCUT2D eigenvalue weighted by atomic mass is 16.6. The number of ether oxygens (including phenoxy) is 6. The summed E-state index contributed by atoms with van der Waals surface area (Å²) >= 11 is 0. The lowest BCUT2D eigenvalue weighted by molar-refractivity contribution is -0.0105. The van der Waals surface area contributed by atoms with E-state index in [1.807, 2.05) is 31.3 Å². The van der Waals surface area contributed by atoms with Crippen molar-refractivity contribution in [1.29, 1.82) is 0 Å². The largest absolute Gasteiger partial charge is 0.449 e. The first-order valence-corrected chi connectivity index (χ1v) is 12.9. The molecule has 2 aromatic carbocycles. The summed E-state index contributed by atoms with van der Waals surface area (Å²) in [5.41, 5.74) is 4.81. The number of fused-ring (bicyclic) bond motifs is 3. The van der Waals surface area contributed by atoms with Crippen molar-refractivity contribution < 1.29 is 33.2 Å². The molecule has 0 saturated heterocycles. The summed E-state index contributed by atoms with van der Waals surface area (Å²) in [7, 11) is 1.89. The molecule has 0 aliphatic heterocycles. The van der Waals surface area contributed by atoms with Crippen LogP contribution in [0, 0.1) is 0 Å². The molecule has 0 heterocycles. The SMILES string of the molecule is CNCCOCCOCCOCCOCCOCCNC(=O)OCC1c2ccccc2-c2ccccc21. The Kier molecular flexibility index (Phi) is 14.0. The fourth-order valence-corrected chi connectivity index (χ4v) is 4.03. The fourth-order valence-electron chi connectivity index (χ4n) is 4.03. The summed E-state index contributed by atoms with van der Waals surface area (Å²) in [4.78, 5) is 12.2. The standard InChI is InChI=1S/C28H40N2O7/c1-29-10-12-32-14-16-34-18-20-36-21-19-35-17-15-33-13-11-30-28(31)37-22-27-25-8-4-2-6-23(25)24-7-3-5-9-26(24)27/h2-9,27,29H,10-22H2,1H3,(H,30,31). The molecule has 9 heteroatoms. The van der Waals surface area contributed by atoms with Gasteiger partial charge in [0.05, 0.1) is 66.1 Å². The van der Waals surface area contributed by atoms with E-state index in [0.29, 0.717) is 79.2 Å². The molecule has 0 radical (unpaired) electrons. The van der Waals surface area contributed by atoms with Crippen LogP contribution in [-0.2, 0) is 28.4 Å². The monoisotopic (exact) mass is 516 g/mol. The van der Waals surface area contributed by atoms with Crippen LogP contribution in [0.2, 0.25) is 0 Å². The van der Waals surface area contributed by atoms with E-state index in [9.17, 15) is 4.79 Å². The van der Waals surface area contributed by atoms with Crippen molar-refractivity contribution in [1.82, 2.24) is 10.6 Å². The van der Waals surface area contributed by atoms with Crippen LogP contribution >= 0.6 is 0 Å². The predicted molar refractivity (Wildman–Crippen MR) is 141 cm³/mol. The lowest BCUT2D eigenvalue weighted by atomic mass is 9.98. The van der Waals surface area contributed by atoms with Crippen LogP contribution in [-0.4, -0.2) is 98.9 Å². The smallest absolute Gasteiger partial charge is 0.407 e. The van der Waals surface area contributed by atoms with Crippen LogP contribution in [0.4, 0.5) is 4.79 Å². The second kappa shape index (κ2) is 17.8. The minimum atomic E-state index is -0.441. The Balaban J connectivity index is 1.12. The molecule has 9 nitrogen and oxygen atoms in total. The molecule has 1 amide bonds. The third-order valence-electron chi connectivity index (χ3n) is 5.84. The minimum absolute atomic E-state index is 0.0518. The first kappa shape index (κ1) is 29.0. The lowest BCUT2D eigenvalue weighted by Crippen LogP contribution is -2.29. The molecule has 0 unspecified atom stereocenters. The normalized spacial score (nSPS) is 12.4. The van der Waals surface area contributed by atoms with E-state index in [-0.39, 0.29) is 5.92 Å². The number of nitrogens with one attached hydrogen (secondary N) is 2.